The van der Waals surface area contributed by atoms with Gasteiger partial charge in [0.05, 0.1) is 6.26 Å². The molecule has 7 heteroatoms. The van der Waals surface area contributed by atoms with E-state index in [0.717, 1.165) is 11.9 Å². The Bertz CT molecular complexity index is 420. The van der Waals surface area contributed by atoms with E-state index in [1.807, 2.05) is 20.8 Å². The zero-order valence-corrected chi connectivity index (χ0v) is 11.5. The van der Waals surface area contributed by atoms with Gasteiger partial charge in [0.15, 0.2) is 0 Å². The SMILES string of the molecule is CC.Cc1ccnc(NCCNS(C)(=O)=O)n1. The maximum atomic E-state index is 10.7. The van der Waals surface area contributed by atoms with Crippen LogP contribution in [0, 0.1) is 6.92 Å². The van der Waals surface area contributed by atoms with E-state index in [9.17, 15) is 8.42 Å². The van der Waals surface area contributed by atoms with Gasteiger partial charge in [-0.05, 0) is 13.0 Å². The van der Waals surface area contributed by atoms with Crippen LogP contribution in [0.5, 0.6) is 0 Å². The second-order valence-corrected chi connectivity index (χ2v) is 4.95. The standard InChI is InChI=1S/C8H14N4O2S.C2H6/c1-7-3-4-9-8(12-7)10-5-6-11-15(2,13)14;1-2/h3-4,11H,5-6H2,1-2H3,(H,9,10,12);1-2H3. The van der Waals surface area contributed by atoms with Crippen molar-refractivity contribution in [1.82, 2.24) is 14.7 Å². The van der Waals surface area contributed by atoms with E-state index < -0.39 is 10.0 Å². The van der Waals surface area contributed by atoms with Crippen LogP contribution in [0.3, 0.4) is 0 Å². The van der Waals surface area contributed by atoms with Gasteiger partial charge in [0.1, 0.15) is 0 Å². The average Bonchev–Trinajstić information content (AvgIpc) is 2.26. The first-order valence-corrected chi connectivity index (χ1v) is 7.35. The van der Waals surface area contributed by atoms with Crippen molar-refractivity contribution in [1.29, 1.82) is 0 Å². The summed E-state index contributed by atoms with van der Waals surface area (Å²) in [5, 5.41) is 2.91. The first-order chi connectivity index (χ1) is 7.97. The second kappa shape index (κ2) is 7.97. The van der Waals surface area contributed by atoms with E-state index in [1.165, 1.54) is 0 Å². The highest BCUT2D eigenvalue weighted by Crippen LogP contribution is 1.97. The number of aromatic nitrogens is 2. The van der Waals surface area contributed by atoms with Gasteiger partial charge in [0.25, 0.3) is 0 Å². The Morgan fingerprint density at radius 2 is 1.94 bits per heavy atom. The molecule has 0 aliphatic heterocycles. The van der Waals surface area contributed by atoms with E-state index >= 15 is 0 Å². The van der Waals surface area contributed by atoms with Crippen LogP contribution in [-0.4, -0.2) is 37.7 Å². The maximum Gasteiger partial charge on any atom is 0.222 e. The number of rotatable bonds is 5. The summed E-state index contributed by atoms with van der Waals surface area (Å²) in [5.74, 6) is 0.505. The number of nitrogens with one attached hydrogen (secondary N) is 2. The van der Waals surface area contributed by atoms with Crippen molar-refractivity contribution in [2.45, 2.75) is 20.8 Å². The first kappa shape index (κ1) is 15.8. The molecule has 0 atom stereocenters. The third-order valence-electron chi connectivity index (χ3n) is 1.57. The van der Waals surface area contributed by atoms with E-state index in [4.69, 9.17) is 0 Å². The molecule has 2 N–H and O–H groups in total. The molecule has 98 valence electrons. The Morgan fingerprint density at radius 1 is 1.29 bits per heavy atom. The fourth-order valence-corrected chi connectivity index (χ4v) is 1.42. The van der Waals surface area contributed by atoms with Crippen molar-refractivity contribution in [2.75, 3.05) is 24.7 Å². The van der Waals surface area contributed by atoms with E-state index in [0.29, 0.717) is 19.0 Å². The second-order valence-electron chi connectivity index (χ2n) is 3.11. The number of aryl methyl sites for hydroxylation is 1. The molecule has 1 rings (SSSR count). The average molecular weight is 260 g/mol. The molecular formula is C10H20N4O2S. The van der Waals surface area contributed by atoms with Gasteiger partial charge in [0, 0.05) is 25.0 Å². The van der Waals surface area contributed by atoms with Crippen molar-refractivity contribution >= 4 is 16.0 Å². The smallest absolute Gasteiger partial charge is 0.222 e. The van der Waals surface area contributed by atoms with Crippen LogP contribution >= 0.6 is 0 Å². The summed E-state index contributed by atoms with van der Waals surface area (Å²) in [7, 11) is -3.12. The molecule has 17 heavy (non-hydrogen) atoms. The zero-order chi connectivity index (χ0) is 13.3. The molecule has 0 unspecified atom stereocenters. The highest BCUT2D eigenvalue weighted by molar-refractivity contribution is 7.88. The number of hydrogen-bond acceptors (Lipinski definition) is 5. The number of nitrogens with zero attached hydrogens (tertiary/aromatic N) is 2. The molecule has 6 nitrogen and oxygen atoms in total. The first-order valence-electron chi connectivity index (χ1n) is 5.45. The molecule has 1 aromatic rings. The number of hydrogen-bond donors (Lipinski definition) is 2. The third-order valence-corrected chi connectivity index (χ3v) is 2.30. The summed E-state index contributed by atoms with van der Waals surface area (Å²) in [4.78, 5) is 8.08. The molecule has 1 heterocycles. The predicted octanol–water partition coefficient (Wildman–Crippen LogP) is 0.772. The normalized spacial score (nSPS) is 10.4. The topological polar surface area (TPSA) is 84.0 Å². The van der Waals surface area contributed by atoms with Crippen molar-refractivity contribution in [3.63, 3.8) is 0 Å². The number of sulfonamides is 1. The lowest BCUT2D eigenvalue weighted by Gasteiger charge is -2.05. The highest BCUT2D eigenvalue weighted by Gasteiger charge is 1.99. The molecule has 0 fully saturated rings. The Balaban J connectivity index is 0.00000121. The molecule has 0 aromatic carbocycles. The van der Waals surface area contributed by atoms with Gasteiger partial charge in [-0.1, -0.05) is 13.8 Å². The Morgan fingerprint density at radius 3 is 2.47 bits per heavy atom. The quantitative estimate of drug-likeness (QED) is 0.764. The van der Waals surface area contributed by atoms with E-state index in [2.05, 4.69) is 20.0 Å². The summed E-state index contributed by atoms with van der Waals surface area (Å²) in [5.41, 5.74) is 0.864. The molecule has 0 radical (unpaired) electrons. The molecule has 0 saturated heterocycles. The predicted molar refractivity (Wildman–Crippen MR) is 69.5 cm³/mol. The van der Waals surface area contributed by atoms with Gasteiger partial charge in [-0.25, -0.2) is 23.1 Å². The molecular weight excluding hydrogens is 240 g/mol. The molecule has 0 aliphatic carbocycles. The molecule has 0 aliphatic rings. The summed E-state index contributed by atoms with van der Waals surface area (Å²) in [6.45, 7) is 6.63. The fraction of sp³-hybridized carbons (Fsp3) is 0.600. The molecule has 0 bridgehead atoms. The van der Waals surface area contributed by atoms with Crippen LogP contribution in [0.1, 0.15) is 19.5 Å². The van der Waals surface area contributed by atoms with Crippen molar-refractivity contribution < 1.29 is 8.42 Å². The lowest BCUT2D eigenvalue weighted by Crippen LogP contribution is -2.28. The summed E-state index contributed by atoms with van der Waals surface area (Å²) in [6.07, 6.45) is 2.77. The minimum absolute atomic E-state index is 0.316. The molecule has 0 saturated carbocycles. The monoisotopic (exact) mass is 260 g/mol. The van der Waals surface area contributed by atoms with Crippen LogP contribution in [-0.2, 0) is 10.0 Å². The summed E-state index contributed by atoms with van der Waals surface area (Å²) in [6, 6.07) is 1.79. The third kappa shape index (κ3) is 8.58. The summed E-state index contributed by atoms with van der Waals surface area (Å²) < 4.78 is 23.8. The van der Waals surface area contributed by atoms with Crippen LogP contribution in [0.4, 0.5) is 5.95 Å². The van der Waals surface area contributed by atoms with Gasteiger partial charge < -0.3 is 5.32 Å². The lowest BCUT2D eigenvalue weighted by molar-refractivity contribution is 0.589. The van der Waals surface area contributed by atoms with Crippen LogP contribution in [0.15, 0.2) is 12.3 Å². The number of anilines is 1. The van der Waals surface area contributed by atoms with Crippen LogP contribution < -0.4 is 10.0 Å². The van der Waals surface area contributed by atoms with E-state index in [-0.39, 0.29) is 0 Å². The largest absolute Gasteiger partial charge is 0.353 e. The maximum absolute atomic E-state index is 10.7. The minimum Gasteiger partial charge on any atom is -0.353 e. The van der Waals surface area contributed by atoms with Crippen molar-refractivity contribution in [2.24, 2.45) is 0 Å². The van der Waals surface area contributed by atoms with Gasteiger partial charge in [-0.2, -0.15) is 0 Å². The zero-order valence-electron chi connectivity index (χ0n) is 10.7. The molecule has 0 spiro atoms. The molecule has 0 amide bonds. The fourth-order valence-electron chi connectivity index (χ4n) is 0.945. The van der Waals surface area contributed by atoms with E-state index in [1.54, 1.807) is 12.3 Å². The van der Waals surface area contributed by atoms with Crippen molar-refractivity contribution in [3.8, 4) is 0 Å². The lowest BCUT2D eigenvalue weighted by atomic mass is 10.5. The van der Waals surface area contributed by atoms with Gasteiger partial charge >= 0.3 is 0 Å². The Kier molecular flexibility index (Phi) is 7.40. The van der Waals surface area contributed by atoms with Crippen LogP contribution in [0.2, 0.25) is 0 Å². The minimum atomic E-state index is -3.12. The van der Waals surface area contributed by atoms with Gasteiger partial charge in [-0.3, -0.25) is 0 Å². The van der Waals surface area contributed by atoms with Gasteiger partial charge in [0.2, 0.25) is 16.0 Å². The highest BCUT2D eigenvalue weighted by atomic mass is 32.2. The molecule has 1 aromatic heterocycles. The van der Waals surface area contributed by atoms with Crippen LogP contribution in [0.25, 0.3) is 0 Å². The Labute approximate surface area is 103 Å². The Hall–Kier alpha value is -1.21. The summed E-state index contributed by atoms with van der Waals surface area (Å²) >= 11 is 0. The van der Waals surface area contributed by atoms with Gasteiger partial charge in [-0.15, -0.1) is 0 Å². The van der Waals surface area contributed by atoms with Crippen molar-refractivity contribution in [3.05, 3.63) is 18.0 Å².